The van der Waals surface area contributed by atoms with Gasteiger partial charge in [0.15, 0.2) is 0 Å². The molecule has 0 bridgehead atoms. The first-order valence-electron chi connectivity index (χ1n) is 10.5. The SMILES string of the molecule is Nc1nc2cc(CC[C@H]3C[C@@H](N4CCc5c(N)ncnc54)[C@@H](O)C3O)ccc2cc1Br. The number of aromatic nitrogens is 3. The molecule has 1 saturated carbocycles. The Morgan fingerprint density at radius 2 is 1.94 bits per heavy atom. The van der Waals surface area contributed by atoms with Crippen LogP contribution < -0.4 is 16.4 Å². The number of halogens is 1. The van der Waals surface area contributed by atoms with Crippen molar-refractivity contribution in [1.82, 2.24) is 15.0 Å². The molecule has 9 heteroatoms. The van der Waals surface area contributed by atoms with Crippen molar-refractivity contribution in [2.45, 2.75) is 43.9 Å². The summed E-state index contributed by atoms with van der Waals surface area (Å²) in [5.74, 6) is 1.75. The van der Waals surface area contributed by atoms with Crippen molar-refractivity contribution in [1.29, 1.82) is 0 Å². The molecular weight excluding hydrogens is 460 g/mol. The van der Waals surface area contributed by atoms with Crippen LogP contribution in [0.15, 0.2) is 35.1 Å². The van der Waals surface area contributed by atoms with Gasteiger partial charge in [-0.1, -0.05) is 12.1 Å². The maximum Gasteiger partial charge on any atom is 0.138 e. The molecule has 0 radical (unpaired) electrons. The molecular formula is C22H25BrN6O2. The van der Waals surface area contributed by atoms with Crippen molar-refractivity contribution in [2.75, 3.05) is 22.9 Å². The van der Waals surface area contributed by atoms with Crippen molar-refractivity contribution in [3.05, 3.63) is 46.2 Å². The maximum absolute atomic E-state index is 10.8. The number of benzene rings is 1. The average molecular weight is 485 g/mol. The summed E-state index contributed by atoms with van der Waals surface area (Å²) in [7, 11) is 0. The molecule has 1 aliphatic carbocycles. The highest BCUT2D eigenvalue weighted by Gasteiger charge is 2.45. The van der Waals surface area contributed by atoms with E-state index in [1.54, 1.807) is 0 Å². The van der Waals surface area contributed by atoms with Gasteiger partial charge < -0.3 is 26.6 Å². The molecule has 162 valence electrons. The summed E-state index contributed by atoms with van der Waals surface area (Å²) in [5.41, 5.74) is 14.8. The van der Waals surface area contributed by atoms with Crippen LogP contribution in [0.1, 0.15) is 24.0 Å². The highest BCUT2D eigenvalue weighted by Crippen LogP contribution is 2.39. The Morgan fingerprint density at radius 3 is 2.77 bits per heavy atom. The molecule has 1 aliphatic heterocycles. The zero-order chi connectivity index (χ0) is 21.7. The third-order valence-corrected chi connectivity index (χ3v) is 7.30. The molecule has 5 rings (SSSR count). The minimum Gasteiger partial charge on any atom is -0.390 e. The lowest BCUT2D eigenvalue weighted by atomic mass is 9.95. The molecule has 1 unspecified atom stereocenters. The fourth-order valence-electron chi connectivity index (χ4n) is 4.97. The second kappa shape index (κ2) is 7.89. The van der Waals surface area contributed by atoms with Crippen LogP contribution in [-0.2, 0) is 12.8 Å². The molecule has 3 aromatic rings. The lowest BCUT2D eigenvalue weighted by molar-refractivity contribution is 0.0131. The molecule has 0 amide bonds. The number of rotatable bonds is 4. The third kappa shape index (κ3) is 3.60. The minimum absolute atomic E-state index is 0.00174. The molecule has 3 heterocycles. The number of anilines is 3. The van der Waals surface area contributed by atoms with Gasteiger partial charge in [0.2, 0.25) is 0 Å². The van der Waals surface area contributed by atoms with E-state index in [0.29, 0.717) is 18.1 Å². The summed E-state index contributed by atoms with van der Waals surface area (Å²) in [6.07, 6.45) is 2.91. The van der Waals surface area contributed by atoms with E-state index in [0.717, 1.165) is 58.1 Å². The van der Waals surface area contributed by atoms with E-state index in [1.807, 2.05) is 18.2 Å². The number of nitrogens with zero attached hydrogens (tertiary/aromatic N) is 4. The summed E-state index contributed by atoms with van der Waals surface area (Å²) in [6.45, 7) is 0.729. The first kappa shape index (κ1) is 20.4. The molecule has 4 atom stereocenters. The van der Waals surface area contributed by atoms with Crippen LogP contribution in [0.3, 0.4) is 0 Å². The van der Waals surface area contributed by atoms with E-state index < -0.39 is 12.2 Å². The zero-order valence-electron chi connectivity index (χ0n) is 16.9. The third-order valence-electron chi connectivity index (χ3n) is 6.67. The number of hydrogen-bond donors (Lipinski definition) is 4. The van der Waals surface area contributed by atoms with Gasteiger partial charge in [0, 0.05) is 17.5 Å². The lowest BCUT2D eigenvalue weighted by Crippen LogP contribution is -2.43. The van der Waals surface area contributed by atoms with Crippen LogP contribution in [0, 0.1) is 5.92 Å². The van der Waals surface area contributed by atoms with Crippen molar-refractivity contribution < 1.29 is 10.2 Å². The van der Waals surface area contributed by atoms with Crippen molar-refractivity contribution in [3.63, 3.8) is 0 Å². The van der Waals surface area contributed by atoms with E-state index >= 15 is 0 Å². The van der Waals surface area contributed by atoms with E-state index in [-0.39, 0.29) is 12.0 Å². The van der Waals surface area contributed by atoms with Crippen LogP contribution in [0.4, 0.5) is 17.5 Å². The summed E-state index contributed by atoms with van der Waals surface area (Å²) in [4.78, 5) is 15.0. The highest BCUT2D eigenvalue weighted by atomic mass is 79.9. The topological polar surface area (TPSA) is 134 Å². The number of aliphatic hydroxyl groups is 2. The van der Waals surface area contributed by atoms with Crippen molar-refractivity contribution in [3.8, 4) is 0 Å². The van der Waals surface area contributed by atoms with E-state index in [9.17, 15) is 10.2 Å². The first-order valence-corrected chi connectivity index (χ1v) is 11.3. The number of nitrogen functional groups attached to an aromatic ring is 2. The number of aryl methyl sites for hydroxylation is 1. The first-order chi connectivity index (χ1) is 14.9. The molecule has 0 spiro atoms. The van der Waals surface area contributed by atoms with Gasteiger partial charge in [-0.15, -0.1) is 0 Å². The number of pyridine rings is 1. The predicted molar refractivity (Wildman–Crippen MR) is 124 cm³/mol. The molecule has 6 N–H and O–H groups in total. The number of hydrogen-bond acceptors (Lipinski definition) is 8. The van der Waals surface area contributed by atoms with Gasteiger partial charge in [0.05, 0.1) is 22.1 Å². The minimum atomic E-state index is -0.817. The molecule has 31 heavy (non-hydrogen) atoms. The van der Waals surface area contributed by atoms with Gasteiger partial charge in [0.25, 0.3) is 0 Å². The number of fused-ring (bicyclic) bond motifs is 2. The van der Waals surface area contributed by atoms with Crippen molar-refractivity contribution >= 4 is 44.3 Å². The fourth-order valence-corrected chi connectivity index (χ4v) is 5.30. The summed E-state index contributed by atoms with van der Waals surface area (Å²) < 4.78 is 0.789. The average Bonchev–Trinajstić information content (AvgIpc) is 3.30. The molecule has 2 aliphatic rings. The van der Waals surface area contributed by atoms with Crippen LogP contribution in [0.25, 0.3) is 10.9 Å². The molecule has 1 fully saturated rings. The quantitative estimate of drug-likeness (QED) is 0.441. The van der Waals surface area contributed by atoms with Crippen LogP contribution in [-0.4, -0.2) is 50.0 Å². The maximum atomic E-state index is 10.8. The second-order valence-electron chi connectivity index (χ2n) is 8.47. The molecule has 2 aromatic heterocycles. The Kier molecular flexibility index (Phi) is 5.19. The Morgan fingerprint density at radius 1 is 1.10 bits per heavy atom. The van der Waals surface area contributed by atoms with E-state index in [4.69, 9.17) is 11.5 Å². The summed E-state index contributed by atoms with van der Waals surface area (Å²) >= 11 is 3.41. The van der Waals surface area contributed by atoms with Crippen molar-refractivity contribution in [2.24, 2.45) is 5.92 Å². The second-order valence-corrected chi connectivity index (χ2v) is 9.32. The fraction of sp³-hybridized carbons (Fsp3) is 0.409. The molecule has 0 saturated heterocycles. The van der Waals surface area contributed by atoms with E-state index in [1.165, 1.54) is 6.33 Å². The van der Waals surface area contributed by atoms with Crippen LogP contribution >= 0.6 is 15.9 Å². The number of nitrogens with two attached hydrogens (primary N) is 2. The zero-order valence-corrected chi connectivity index (χ0v) is 18.5. The Bertz CT molecular complexity index is 1140. The monoisotopic (exact) mass is 484 g/mol. The normalized spacial score (nSPS) is 25.3. The summed E-state index contributed by atoms with van der Waals surface area (Å²) in [5, 5.41) is 22.5. The van der Waals surface area contributed by atoms with Gasteiger partial charge in [-0.25, -0.2) is 15.0 Å². The summed E-state index contributed by atoms with van der Waals surface area (Å²) in [6, 6.07) is 7.96. The van der Waals surface area contributed by atoms with Gasteiger partial charge in [-0.05, 0) is 65.2 Å². The Labute approximate surface area is 188 Å². The van der Waals surface area contributed by atoms with Gasteiger partial charge >= 0.3 is 0 Å². The standard InChI is InChI=1S/C22H25BrN6O2/c23-15-8-12-3-1-11(7-16(12)28-21(15)25)2-4-13-9-17(19(31)18(13)30)29-6-5-14-20(24)26-10-27-22(14)29/h1,3,7-8,10,13,17-19,30-31H,2,4-6,9H2,(H2,25,28)(H2,24,26,27)/t13-,17+,18?,19+/m0/s1. The van der Waals surface area contributed by atoms with Crippen LogP contribution in [0.2, 0.25) is 0 Å². The lowest BCUT2D eigenvalue weighted by Gasteiger charge is -2.28. The Hall–Kier alpha value is -2.49. The molecule has 8 nitrogen and oxygen atoms in total. The van der Waals surface area contributed by atoms with Crippen LogP contribution in [0.5, 0.6) is 0 Å². The smallest absolute Gasteiger partial charge is 0.138 e. The largest absolute Gasteiger partial charge is 0.390 e. The van der Waals surface area contributed by atoms with E-state index in [2.05, 4.69) is 41.8 Å². The molecule has 1 aromatic carbocycles. The Balaban J connectivity index is 1.30. The predicted octanol–water partition coefficient (Wildman–Crippen LogP) is 2.06. The van der Waals surface area contributed by atoms with Gasteiger partial charge in [-0.3, -0.25) is 0 Å². The number of aliphatic hydroxyl groups excluding tert-OH is 2. The van der Waals surface area contributed by atoms with Gasteiger partial charge in [-0.2, -0.15) is 0 Å². The van der Waals surface area contributed by atoms with Gasteiger partial charge in [0.1, 0.15) is 29.9 Å². The highest BCUT2D eigenvalue weighted by molar-refractivity contribution is 9.10.